The molecule has 1 aliphatic rings. The molecule has 5 aromatic rings. The van der Waals surface area contributed by atoms with Gasteiger partial charge in [-0.2, -0.15) is 0 Å². The van der Waals surface area contributed by atoms with Gasteiger partial charge in [0.1, 0.15) is 18.1 Å². The highest BCUT2D eigenvalue weighted by molar-refractivity contribution is 6.06. The number of hydrogen-bond acceptors (Lipinski definition) is 6. The molecule has 0 atom stereocenters. The second-order valence-corrected chi connectivity index (χ2v) is 9.53. The molecular weight excluding hydrogens is 472 g/mol. The Morgan fingerprint density at radius 3 is 2.45 bits per heavy atom. The predicted octanol–water partition coefficient (Wildman–Crippen LogP) is 6.06. The predicted molar refractivity (Wildman–Crippen MR) is 153 cm³/mol. The van der Waals surface area contributed by atoms with E-state index in [0.717, 1.165) is 84.1 Å². The van der Waals surface area contributed by atoms with E-state index in [-0.39, 0.29) is 0 Å². The van der Waals surface area contributed by atoms with E-state index < -0.39 is 0 Å². The van der Waals surface area contributed by atoms with Gasteiger partial charge in [-0.1, -0.05) is 72.8 Å². The Balaban J connectivity index is 1.34. The summed E-state index contributed by atoms with van der Waals surface area (Å²) < 4.78 is 12.6. The fraction of sp³-hybridized carbons (Fsp3) is 0.219. The van der Waals surface area contributed by atoms with Crippen LogP contribution >= 0.6 is 0 Å². The molecule has 0 spiro atoms. The van der Waals surface area contributed by atoms with Crippen molar-refractivity contribution in [3.8, 4) is 28.2 Å². The molecule has 2 N–H and O–H groups in total. The van der Waals surface area contributed by atoms with Gasteiger partial charge in [0, 0.05) is 62.3 Å². The lowest BCUT2D eigenvalue weighted by Gasteiger charge is -2.27. The first-order chi connectivity index (χ1) is 18.8. The molecule has 3 aromatic carbocycles. The molecule has 0 saturated carbocycles. The first-order valence-corrected chi connectivity index (χ1v) is 13.3. The summed E-state index contributed by atoms with van der Waals surface area (Å²) in [5.74, 6) is 1.59. The zero-order valence-electron chi connectivity index (χ0n) is 21.4. The van der Waals surface area contributed by atoms with E-state index in [2.05, 4.69) is 63.0 Å². The smallest absolute Gasteiger partial charge is 0.229 e. The highest BCUT2D eigenvalue weighted by atomic mass is 16.5. The van der Waals surface area contributed by atoms with E-state index >= 15 is 0 Å². The lowest BCUT2D eigenvalue weighted by Crippen LogP contribution is -2.45. The number of furan rings is 1. The molecule has 38 heavy (non-hydrogen) atoms. The first kappa shape index (κ1) is 24.2. The van der Waals surface area contributed by atoms with Crippen LogP contribution in [0.3, 0.4) is 0 Å². The number of rotatable bonds is 9. The van der Waals surface area contributed by atoms with Gasteiger partial charge in [0.25, 0.3) is 0 Å². The molecule has 6 nitrogen and oxygen atoms in total. The summed E-state index contributed by atoms with van der Waals surface area (Å²) in [7, 11) is 0. The third-order valence-corrected chi connectivity index (χ3v) is 6.95. The number of hydrogen-bond donors (Lipinski definition) is 2. The SMILES string of the molecule is c1ccc(COc2cccc(-c3oc4nccc(NCCN5CCNCC5)c4c3-c3ccccc3)c2)cc1. The molecule has 0 amide bonds. The van der Waals surface area contributed by atoms with Gasteiger partial charge in [0.2, 0.25) is 5.71 Å². The quantitative estimate of drug-likeness (QED) is 0.255. The van der Waals surface area contributed by atoms with E-state index in [1.54, 1.807) is 0 Å². The molecule has 6 rings (SSSR count). The summed E-state index contributed by atoms with van der Waals surface area (Å²) in [5, 5.41) is 8.10. The minimum absolute atomic E-state index is 0.513. The number of nitrogens with one attached hydrogen (secondary N) is 2. The van der Waals surface area contributed by atoms with Gasteiger partial charge >= 0.3 is 0 Å². The Bertz CT molecular complexity index is 1480. The number of benzene rings is 3. The fourth-order valence-corrected chi connectivity index (χ4v) is 5.01. The highest BCUT2D eigenvalue weighted by Gasteiger charge is 2.21. The van der Waals surface area contributed by atoms with Crippen LogP contribution in [-0.2, 0) is 6.61 Å². The average Bonchev–Trinajstić information content (AvgIpc) is 3.39. The van der Waals surface area contributed by atoms with Crippen LogP contribution in [0.5, 0.6) is 5.75 Å². The summed E-state index contributed by atoms with van der Waals surface area (Å²) in [6.07, 6.45) is 1.82. The molecule has 192 valence electrons. The molecule has 0 unspecified atom stereocenters. The lowest BCUT2D eigenvalue weighted by molar-refractivity contribution is 0.249. The van der Waals surface area contributed by atoms with Crippen molar-refractivity contribution in [1.29, 1.82) is 0 Å². The number of aromatic nitrogens is 1. The van der Waals surface area contributed by atoms with Crippen LogP contribution in [-0.4, -0.2) is 49.2 Å². The molecule has 3 heterocycles. The van der Waals surface area contributed by atoms with Crippen LogP contribution in [0.1, 0.15) is 5.56 Å². The normalized spacial score (nSPS) is 14.0. The molecular formula is C32H32N4O2. The molecule has 0 bridgehead atoms. The van der Waals surface area contributed by atoms with Crippen LogP contribution in [0.4, 0.5) is 5.69 Å². The summed E-state index contributed by atoms with van der Waals surface area (Å²) in [4.78, 5) is 7.10. The van der Waals surface area contributed by atoms with Crippen molar-refractivity contribution in [3.63, 3.8) is 0 Å². The molecule has 0 aliphatic carbocycles. The van der Waals surface area contributed by atoms with Crippen LogP contribution in [0.15, 0.2) is 102 Å². The van der Waals surface area contributed by atoms with Crippen molar-refractivity contribution >= 4 is 16.8 Å². The zero-order valence-corrected chi connectivity index (χ0v) is 21.4. The van der Waals surface area contributed by atoms with Crippen molar-refractivity contribution in [1.82, 2.24) is 15.2 Å². The van der Waals surface area contributed by atoms with Gasteiger partial charge in [-0.05, 0) is 29.3 Å². The number of nitrogens with zero attached hydrogens (tertiary/aromatic N) is 2. The Kier molecular flexibility index (Phi) is 7.33. The number of ether oxygens (including phenoxy) is 1. The van der Waals surface area contributed by atoms with E-state index in [4.69, 9.17) is 9.15 Å². The summed E-state index contributed by atoms with van der Waals surface area (Å²) in [6, 6.07) is 30.8. The molecule has 1 aliphatic heterocycles. The highest BCUT2D eigenvalue weighted by Crippen LogP contribution is 2.43. The summed E-state index contributed by atoms with van der Waals surface area (Å²) in [6.45, 7) is 6.64. The monoisotopic (exact) mass is 504 g/mol. The Labute approximate surface area is 223 Å². The largest absolute Gasteiger partial charge is 0.489 e. The fourth-order valence-electron chi connectivity index (χ4n) is 5.01. The Hall–Kier alpha value is -4.13. The van der Waals surface area contributed by atoms with Crippen molar-refractivity contribution in [3.05, 3.63) is 103 Å². The lowest BCUT2D eigenvalue weighted by atomic mass is 9.98. The molecule has 0 radical (unpaired) electrons. The third kappa shape index (κ3) is 5.42. The maximum Gasteiger partial charge on any atom is 0.229 e. The van der Waals surface area contributed by atoms with Gasteiger partial charge in [-0.3, -0.25) is 4.90 Å². The molecule has 6 heteroatoms. The van der Waals surface area contributed by atoms with E-state index in [0.29, 0.717) is 12.3 Å². The Morgan fingerprint density at radius 2 is 1.63 bits per heavy atom. The maximum absolute atomic E-state index is 6.47. The second-order valence-electron chi connectivity index (χ2n) is 9.53. The first-order valence-electron chi connectivity index (χ1n) is 13.3. The summed E-state index contributed by atoms with van der Waals surface area (Å²) in [5.41, 5.74) is 5.89. The van der Waals surface area contributed by atoms with Crippen molar-refractivity contribution in [2.24, 2.45) is 0 Å². The maximum atomic E-state index is 6.47. The van der Waals surface area contributed by atoms with Crippen molar-refractivity contribution in [2.45, 2.75) is 6.61 Å². The van der Waals surface area contributed by atoms with Gasteiger partial charge in [0.05, 0.1) is 5.39 Å². The van der Waals surface area contributed by atoms with Gasteiger partial charge in [-0.15, -0.1) is 0 Å². The number of piperazine rings is 1. The minimum Gasteiger partial charge on any atom is -0.489 e. The van der Waals surface area contributed by atoms with Crippen LogP contribution in [0, 0.1) is 0 Å². The minimum atomic E-state index is 0.513. The average molecular weight is 505 g/mol. The van der Waals surface area contributed by atoms with Crippen LogP contribution in [0.2, 0.25) is 0 Å². The van der Waals surface area contributed by atoms with E-state index in [1.807, 2.05) is 54.7 Å². The number of fused-ring (bicyclic) bond motifs is 1. The van der Waals surface area contributed by atoms with Crippen molar-refractivity contribution < 1.29 is 9.15 Å². The van der Waals surface area contributed by atoms with E-state index in [9.17, 15) is 0 Å². The van der Waals surface area contributed by atoms with Gasteiger partial charge < -0.3 is 19.8 Å². The van der Waals surface area contributed by atoms with Crippen molar-refractivity contribution in [2.75, 3.05) is 44.6 Å². The molecule has 1 fully saturated rings. The van der Waals surface area contributed by atoms with Gasteiger partial charge in [-0.25, -0.2) is 4.98 Å². The zero-order chi connectivity index (χ0) is 25.6. The van der Waals surface area contributed by atoms with Crippen LogP contribution < -0.4 is 15.4 Å². The van der Waals surface area contributed by atoms with Gasteiger partial charge in [0.15, 0.2) is 0 Å². The topological polar surface area (TPSA) is 62.6 Å². The number of pyridine rings is 1. The second kappa shape index (κ2) is 11.5. The van der Waals surface area contributed by atoms with Crippen LogP contribution in [0.25, 0.3) is 33.6 Å². The van der Waals surface area contributed by atoms with E-state index in [1.165, 1.54) is 0 Å². The standard InChI is InChI=1S/C32H32N4O2/c1-3-8-24(9-4-1)23-37-27-13-7-12-26(22-27)31-29(25-10-5-2-6-11-25)30-28(14-15-35-32(30)38-31)34-18-21-36-19-16-33-17-20-36/h1-15,22,33H,16-21,23H2,(H,34,35). The number of anilines is 1. The third-order valence-electron chi connectivity index (χ3n) is 6.95. The molecule has 2 aromatic heterocycles. The molecule has 1 saturated heterocycles. The Morgan fingerprint density at radius 1 is 0.868 bits per heavy atom. The summed E-state index contributed by atoms with van der Waals surface area (Å²) >= 11 is 0.